The highest BCUT2D eigenvalue weighted by atomic mass is 35.5. The smallest absolute Gasteiger partial charge is 0.249 e. The SMILES string of the molecule is CN(C)C(=O)C(c1ccc2ccccc2c1)n1cnc(NC(=O)[C@@H](Cc2c[nH]c3ccccc23)NC(=O)C(C)(C)N)c1.Cl.Cl. The number of nitrogens with zero attached hydrogens (tertiary/aromatic N) is 3. The summed E-state index contributed by atoms with van der Waals surface area (Å²) in [5.74, 6) is -0.803. The van der Waals surface area contributed by atoms with Crippen molar-refractivity contribution in [3.63, 3.8) is 0 Å². The Morgan fingerprint density at radius 2 is 1.68 bits per heavy atom. The summed E-state index contributed by atoms with van der Waals surface area (Å²) in [5.41, 5.74) is 7.44. The first-order valence-electron chi connectivity index (χ1n) is 13.7. The van der Waals surface area contributed by atoms with Gasteiger partial charge in [0.15, 0.2) is 5.82 Å². The van der Waals surface area contributed by atoms with E-state index in [1.54, 1.807) is 38.7 Å². The summed E-state index contributed by atoms with van der Waals surface area (Å²) >= 11 is 0. The number of benzene rings is 3. The maximum absolute atomic E-state index is 13.6. The molecule has 1 unspecified atom stereocenters. The van der Waals surface area contributed by atoms with Crippen LogP contribution in [0.1, 0.15) is 31.0 Å². The Bertz CT molecular complexity index is 1770. The number of carbonyl (C=O) groups excluding carboxylic acids is 3. The third kappa shape index (κ3) is 7.39. The van der Waals surface area contributed by atoms with Crippen molar-refractivity contribution in [1.29, 1.82) is 0 Å². The summed E-state index contributed by atoms with van der Waals surface area (Å²) < 4.78 is 1.68. The highest BCUT2D eigenvalue weighted by Gasteiger charge is 2.30. The van der Waals surface area contributed by atoms with Crippen molar-refractivity contribution in [3.8, 4) is 0 Å². The summed E-state index contributed by atoms with van der Waals surface area (Å²) in [4.78, 5) is 48.9. The van der Waals surface area contributed by atoms with Gasteiger partial charge in [-0.1, -0.05) is 54.6 Å². The van der Waals surface area contributed by atoms with Crippen molar-refractivity contribution in [2.45, 2.75) is 37.9 Å². The predicted molar refractivity (Wildman–Crippen MR) is 178 cm³/mol. The van der Waals surface area contributed by atoms with Gasteiger partial charge in [-0.15, -0.1) is 24.8 Å². The number of anilines is 1. The van der Waals surface area contributed by atoms with Gasteiger partial charge in [-0.3, -0.25) is 14.4 Å². The molecule has 232 valence electrons. The lowest BCUT2D eigenvalue weighted by atomic mass is 10.0. The molecule has 3 amide bonds. The zero-order chi connectivity index (χ0) is 30.0. The number of para-hydroxylation sites is 1. The zero-order valence-electron chi connectivity index (χ0n) is 24.9. The lowest BCUT2D eigenvalue weighted by Crippen LogP contribution is -2.55. The van der Waals surface area contributed by atoms with Crippen molar-refractivity contribution in [2.24, 2.45) is 5.73 Å². The maximum Gasteiger partial charge on any atom is 0.249 e. The van der Waals surface area contributed by atoms with Gasteiger partial charge >= 0.3 is 0 Å². The molecule has 2 atom stereocenters. The Balaban J connectivity index is 0.00000264. The highest BCUT2D eigenvalue weighted by Crippen LogP contribution is 2.26. The van der Waals surface area contributed by atoms with Crippen LogP contribution < -0.4 is 16.4 Å². The number of fused-ring (bicyclic) bond motifs is 2. The second-order valence-corrected chi connectivity index (χ2v) is 11.2. The number of nitrogens with two attached hydrogens (primary N) is 1. The van der Waals surface area contributed by atoms with E-state index in [4.69, 9.17) is 5.73 Å². The van der Waals surface area contributed by atoms with E-state index in [0.717, 1.165) is 32.8 Å². The molecule has 0 saturated heterocycles. The molecule has 0 fully saturated rings. The minimum absolute atomic E-state index is 0. The number of amides is 3. The topological polar surface area (TPSA) is 138 Å². The molecule has 0 saturated carbocycles. The van der Waals surface area contributed by atoms with Crippen molar-refractivity contribution in [2.75, 3.05) is 19.4 Å². The van der Waals surface area contributed by atoms with E-state index >= 15 is 0 Å². The molecule has 12 heteroatoms. The van der Waals surface area contributed by atoms with Crippen LogP contribution in [0, 0.1) is 0 Å². The van der Waals surface area contributed by atoms with E-state index in [9.17, 15) is 14.4 Å². The van der Waals surface area contributed by atoms with Gasteiger partial charge in [-0.25, -0.2) is 4.98 Å². The zero-order valence-corrected chi connectivity index (χ0v) is 26.5. The van der Waals surface area contributed by atoms with E-state index in [-0.39, 0.29) is 43.0 Å². The molecule has 5 N–H and O–H groups in total. The maximum atomic E-state index is 13.6. The molecule has 2 heterocycles. The molecule has 0 aliphatic heterocycles. The van der Waals surface area contributed by atoms with E-state index in [1.165, 1.54) is 11.2 Å². The molecular formula is C32H37Cl2N7O3. The van der Waals surface area contributed by atoms with Gasteiger partial charge in [-0.05, 0) is 47.9 Å². The predicted octanol–water partition coefficient (Wildman–Crippen LogP) is 4.44. The van der Waals surface area contributed by atoms with Gasteiger partial charge < -0.3 is 30.8 Å². The molecule has 0 aliphatic rings. The number of likely N-dealkylation sites (N-methyl/N-ethyl adjacent to an activating group) is 1. The van der Waals surface area contributed by atoms with E-state index in [1.807, 2.05) is 72.9 Å². The lowest BCUT2D eigenvalue weighted by Gasteiger charge is -2.23. The largest absolute Gasteiger partial charge is 0.361 e. The lowest BCUT2D eigenvalue weighted by molar-refractivity contribution is -0.131. The van der Waals surface area contributed by atoms with E-state index in [2.05, 4.69) is 20.6 Å². The number of hydrogen-bond donors (Lipinski definition) is 4. The Morgan fingerprint density at radius 3 is 2.39 bits per heavy atom. The monoisotopic (exact) mass is 637 g/mol. The standard InChI is InChI=1S/C32H35N7O3.2ClH/c1-32(2,33)31(42)36-26(16-23-17-34-25-12-8-7-11-24(23)25)29(40)37-27-18-39(19-35-27)28(30(41)38(3)4)22-14-13-20-9-5-6-10-21(20)15-22;;/h5-15,17-19,26,28,34H,16,33H2,1-4H3,(H,36,42)(H,37,40);2*1H/t26-,28?;;/m1../s1. The van der Waals surface area contributed by atoms with Crippen LogP contribution in [0.2, 0.25) is 0 Å². The number of carbonyl (C=O) groups is 3. The number of rotatable bonds is 9. The van der Waals surface area contributed by atoms with Crippen LogP contribution in [0.5, 0.6) is 0 Å². The number of imidazole rings is 1. The fraction of sp³-hybridized carbons (Fsp3) is 0.250. The molecule has 0 aliphatic carbocycles. The Hall–Kier alpha value is -4.38. The van der Waals surface area contributed by atoms with Crippen molar-refractivity contribution in [1.82, 2.24) is 24.8 Å². The third-order valence-corrected chi connectivity index (χ3v) is 7.22. The van der Waals surface area contributed by atoms with Crippen LogP contribution in [0.25, 0.3) is 21.7 Å². The minimum Gasteiger partial charge on any atom is -0.361 e. The average Bonchev–Trinajstić information content (AvgIpc) is 3.59. The van der Waals surface area contributed by atoms with E-state index in [0.29, 0.717) is 0 Å². The van der Waals surface area contributed by atoms with E-state index < -0.39 is 29.4 Å². The summed E-state index contributed by atoms with van der Waals surface area (Å²) in [5, 5.41) is 8.66. The Morgan fingerprint density at radius 1 is 1.00 bits per heavy atom. The van der Waals surface area contributed by atoms with Gasteiger partial charge in [0.25, 0.3) is 0 Å². The van der Waals surface area contributed by atoms with Crippen LogP contribution in [0.3, 0.4) is 0 Å². The number of halogens is 2. The number of aromatic amines is 1. The first-order chi connectivity index (χ1) is 20.0. The van der Waals surface area contributed by atoms with Crippen LogP contribution in [0.4, 0.5) is 5.82 Å². The van der Waals surface area contributed by atoms with Gasteiger partial charge in [0.2, 0.25) is 17.7 Å². The molecule has 3 aromatic carbocycles. The second kappa shape index (κ2) is 13.9. The van der Waals surface area contributed by atoms with Crippen molar-refractivity contribution < 1.29 is 14.4 Å². The quantitative estimate of drug-likeness (QED) is 0.189. The molecular weight excluding hydrogens is 601 g/mol. The van der Waals surface area contributed by atoms with Gasteiger partial charge in [0.05, 0.1) is 11.9 Å². The van der Waals surface area contributed by atoms with Gasteiger partial charge in [0, 0.05) is 43.8 Å². The number of hydrogen-bond acceptors (Lipinski definition) is 5. The van der Waals surface area contributed by atoms with Crippen LogP contribution in [-0.4, -0.2) is 62.8 Å². The third-order valence-electron chi connectivity index (χ3n) is 7.22. The molecule has 10 nitrogen and oxygen atoms in total. The first kappa shape index (κ1) is 34.1. The van der Waals surface area contributed by atoms with Gasteiger partial charge in [0.1, 0.15) is 12.1 Å². The molecule has 2 aromatic heterocycles. The Labute approximate surface area is 268 Å². The first-order valence-corrected chi connectivity index (χ1v) is 13.7. The molecule has 0 bridgehead atoms. The van der Waals surface area contributed by atoms with Gasteiger partial charge in [-0.2, -0.15) is 0 Å². The molecule has 5 aromatic rings. The molecule has 0 spiro atoms. The summed E-state index contributed by atoms with van der Waals surface area (Å²) in [6.45, 7) is 3.17. The molecule has 0 radical (unpaired) electrons. The molecule has 5 rings (SSSR count). The fourth-order valence-electron chi connectivity index (χ4n) is 4.89. The van der Waals surface area contributed by atoms with Crippen molar-refractivity contribution >= 4 is 70.0 Å². The minimum atomic E-state index is -1.18. The van der Waals surface area contributed by atoms with Crippen molar-refractivity contribution in [3.05, 3.63) is 96.6 Å². The second-order valence-electron chi connectivity index (χ2n) is 11.2. The van der Waals surface area contributed by atoms with Crippen LogP contribution in [0.15, 0.2) is 85.5 Å². The summed E-state index contributed by atoms with van der Waals surface area (Å²) in [6, 6.07) is 20.0. The number of H-pyrrole nitrogens is 1. The average molecular weight is 639 g/mol. The summed E-state index contributed by atoms with van der Waals surface area (Å²) in [6.07, 6.45) is 5.21. The number of nitrogens with one attached hydrogen (secondary N) is 3. The van der Waals surface area contributed by atoms with Crippen LogP contribution in [-0.2, 0) is 20.8 Å². The molecule has 44 heavy (non-hydrogen) atoms. The Kier molecular flexibility index (Phi) is 10.8. The number of aromatic nitrogens is 3. The summed E-state index contributed by atoms with van der Waals surface area (Å²) in [7, 11) is 3.40. The fourth-order valence-corrected chi connectivity index (χ4v) is 4.89. The normalized spacial score (nSPS) is 12.5. The highest BCUT2D eigenvalue weighted by molar-refractivity contribution is 5.98. The van der Waals surface area contributed by atoms with Crippen LogP contribution >= 0.6 is 24.8 Å².